The number of benzene rings is 2. The van der Waals surface area contributed by atoms with E-state index in [1.807, 2.05) is 36.4 Å². The van der Waals surface area contributed by atoms with Crippen molar-refractivity contribution in [3.8, 4) is 6.07 Å². The van der Waals surface area contributed by atoms with Crippen LogP contribution in [0.15, 0.2) is 53.4 Å². The monoisotopic (exact) mass is 238 g/mol. The van der Waals surface area contributed by atoms with Gasteiger partial charge in [0.1, 0.15) is 5.37 Å². The van der Waals surface area contributed by atoms with Crippen LogP contribution in [0.5, 0.6) is 0 Å². The van der Waals surface area contributed by atoms with Crippen LogP contribution in [0.2, 0.25) is 0 Å². The van der Waals surface area contributed by atoms with Crippen molar-refractivity contribution in [2.24, 2.45) is 0 Å². The van der Waals surface area contributed by atoms with Gasteiger partial charge in [0.2, 0.25) is 0 Å². The Balaban J connectivity index is 1.97. The van der Waals surface area contributed by atoms with Gasteiger partial charge in [-0.3, -0.25) is 0 Å². The van der Waals surface area contributed by atoms with E-state index in [1.165, 1.54) is 4.90 Å². The summed E-state index contributed by atoms with van der Waals surface area (Å²) in [6.07, 6.45) is 0. The number of thioether (sulfide) groups is 1. The molecule has 1 heterocycles. The number of nitrogens with zero attached hydrogens (tertiary/aromatic N) is 1. The van der Waals surface area contributed by atoms with E-state index in [4.69, 9.17) is 5.26 Å². The molecule has 0 spiro atoms. The van der Waals surface area contributed by atoms with Gasteiger partial charge < -0.3 is 5.32 Å². The molecule has 82 valence electrons. The van der Waals surface area contributed by atoms with Gasteiger partial charge in [-0.2, -0.15) is 5.26 Å². The van der Waals surface area contributed by atoms with Crippen LogP contribution in [-0.2, 0) is 0 Å². The second-order valence-corrected chi connectivity index (χ2v) is 4.98. The molecule has 2 nitrogen and oxygen atoms in total. The third-order valence-corrected chi connectivity index (χ3v) is 4.00. The van der Waals surface area contributed by atoms with Gasteiger partial charge in [-0.1, -0.05) is 42.1 Å². The van der Waals surface area contributed by atoms with Crippen LogP contribution in [0.25, 0.3) is 0 Å². The van der Waals surface area contributed by atoms with Gasteiger partial charge in [0.15, 0.2) is 0 Å². The standard InChI is InChI=1S/C14H10N2S/c15-9-10-5-1-2-6-11(10)14-16-12-7-3-4-8-13(12)17-14/h1-8,14,16H. The molecule has 0 saturated carbocycles. The van der Waals surface area contributed by atoms with E-state index in [1.54, 1.807) is 11.8 Å². The van der Waals surface area contributed by atoms with Gasteiger partial charge in [0.25, 0.3) is 0 Å². The molecule has 1 N–H and O–H groups in total. The third kappa shape index (κ3) is 1.77. The fourth-order valence-corrected chi connectivity index (χ4v) is 3.14. The average molecular weight is 238 g/mol. The van der Waals surface area contributed by atoms with E-state index in [2.05, 4.69) is 23.5 Å². The molecule has 1 aliphatic heterocycles. The molecule has 1 unspecified atom stereocenters. The summed E-state index contributed by atoms with van der Waals surface area (Å²) in [5.41, 5.74) is 2.94. The number of nitriles is 1. The predicted molar refractivity (Wildman–Crippen MR) is 69.8 cm³/mol. The van der Waals surface area contributed by atoms with Crippen molar-refractivity contribution in [1.29, 1.82) is 5.26 Å². The summed E-state index contributed by atoms with van der Waals surface area (Å²) in [6.45, 7) is 0. The molecule has 2 aromatic carbocycles. The van der Waals surface area contributed by atoms with Crippen molar-refractivity contribution in [2.45, 2.75) is 10.3 Å². The molecule has 0 amide bonds. The number of para-hydroxylation sites is 1. The minimum absolute atomic E-state index is 0.142. The molecule has 0 fully saturated rings. The van der Waals surface area contributed by atoms with Gasteiger partial charge >= 0.3 is 0 Å². The van der Waals surface area contributed by atoms with Gasteiger partial charge in [-0.15, -0.1) is 0 Å². The number of nitrogens with one attached hydrogen (secondary N) is 1. The molecule has 0 saturated heterocycles. The normalized spacial score (nSPS) is 17.0. The molecule has 0 bridgehead atoms. The summed E-state index contributed by atoms with van der Waals surface area (Å²) in [6, 6.07) is 18.2. The largest absolute Gasteiger partial charge is 0.368 e. The van der Waals surface area contributed by atoms with Crippen LogP contribution >= 0.6 is 11.8 Å². The molecule has 0 radical (unpaired) electrons. The molecule has 0 aliphatic carbocycles. The highest BCUT2D eigenvalue weighted by Gasteiger charge is 2.23. The molecule has 17 heavy (non-hydrogen) atoms. The smallest absolute Gasteiger partial charge is 0.104 e. The first-order chi connectivity index (χ1) is 8.38. The summed E-state index contributed by atoms with van der Waals surface area (Å²) >= 11 is 1.76. The number of hydrogen-bond donors (Lipinski definition) is 1. The summed E-state index contributed by atoms with van der Waals surface area (Å²) < 4.78 is 0. The molecule has 2 aromatic rings. The fourth-order valence-electron chi connectivity index (χ4n) is 1.96. The van der Waals surface area contributed by atoms with Crippen molar-refractivity contribution in [1.82, 2.24) is 0 Å². The Morgan fingerprint density at radius 2 is 1.82 bits per heavy atom. The van der Waals surface area contributed by atoms with Gasteiger partial charge in [-0.05, 0) is 18.2 Å². The first-order valence-corrected chi connectivity index (χ1v) is 6.28. The fraction of sp³-hybridized carbons (Fsp3) is 0.0714. The van der Waals surface area contributed by atoms with Crippen molar-refractivity contribution in [3.63, 3.8) is 0 Å². The Bertz CT molecular complexity index is 576. The maximum atomic E-state index is 9.11. The second kappa shape index (κ2) is 4.15. The van der Waals surface area contributed by atoms with Crippen molar-refractivity contribution in [3.05, 3.63) is 59.7 Å². The maximum absolute atomic E-state index is 9.11. The quantitative estimate of drug-likeness (QED) is 0.821. The Morgan fingerprint density at radius 1 is 1.06 bits per heavy atom. The molecule has 1 aliphatic rings. The van der Waals surface area contributed by atoms with E-state index < -0.39 is 0 Å². The Labute approximate surface area is 104 Å². The molecule has 3 rings (SSSR count). The predicted octanol–water partition coefficient (Wildman–Crippen LogP) is 3.77. The lowest BCUT2D eigenvalue weighted by molar-refractivity contribution is 1.12. The van der Waals surface area contributed by atoms with Crippen LogP contribution in [-0.4, -0.2) is 0 Å². The lowest BCUT2D eigenvalue weighted by Gasteiger charge is -2.11. The lowest BCUT2D eigenvalue weighted by Crippen LogP contribution is -2.03. The maximum Gasteiger partial charge on any atom is 0.104 e. The topological polar surface area (TPSA) is 35.8 Å². The van der Waals surface area contributed by atoms with E-state index in [9.17, 15) is 0 Å². The number of rotatable bonds is 1. The molecular formula is C14H10N2S. The third-order valence-electron chi connectivity index (χ3n) is 2.78. The van der Waals surface area contributed by atoms with Crippen LogP contribution < -0.4 is 5.32 Å². The second-order valence-electron chi connectivity index (χ2n) is 3.84. The van der Waals surface area contributed by atoms with Gasteiger partial charge in [0.05, 0.1) is 11.6 Å². The number of hydrogen-bond acceptors (Lipinski definition) is 3. The lowest BCUT2D eigenvalue weighted by atomic mass is 10.1. The van der Waals surface area contributed by atoms with Crippen molar-refractivity contribution < 1.29 is 0 Å². The van der Waals surface area contributed by atoms with Crippen molar-refractivity contribution >= 4 is 17.4 Å². The Kier molecular flexibility index (Phi) is 2.50. The summed E-state index contributed by atoms with van der Waals surface area (Å²) in [7, 11) is 0. The molecular weight excluding hydrogens is 228 g/mol. The summed E-state index contributed by atoms with van der Waals surface area (Å²) in [4.78, 5) is 1.24. The zero-order valence-corrected chi connectivity index (χ0v) is 9.87. The van der Waals surface area contributed by atoms with E-state index in [0.717, 1.165) is 16.8 Å². The molecule has 0 aromatic heterocycles. The van der Waals surface area contributed by atoms with E-state index >= 15 is 0 Å². The van der Waals surface area contributed by atoms with Crippen LogP contribution in [0, 0.1) is 11.3 Å². The average Bonchev–Trinajstić information content (AvgIpc) is 2.82. The van der Waals surface area contributed by atoms with E-state index in [0.29, 0.717) is 0 Å². The molecule has 3 heteroatoms. The highest BCUT2D eigenvalue weighted by atomic mass is 32.2. The zero-order chi connectivity index (χ0) is 11.7. The molecule has 1 atom stereocenters. The van der Waals surface area contributed by atoms with Gasteiger partial charge in [0, 0.05) is 16.1 Å². The van der Waals surface area contributed by atoms with Crippen LogP contribution in [0.1, 0.15) is 16.5 Å². The van der Waals surface area contributed by atoms with Gasteiger partial charge in [-0.25, -0.2) is 0 Å². The minimum atomic E-state index is 0.142. The minimum Gasteiger partial charge on any atom is -0.368 e. The van der Waals surface area contributed by atoms with Crippen LogP contribution in [0.4, 0.5) is 5.69 Å². The van der Waals surface area contributed by atoms with E-state index in [-0.39, 0.29) is 5.37 Å². The SMILES string of the molecule is N#Cc1ccccc1C1Nc2ccccc2S1. The first kappa shape index (κ1) is 10.2. The first-order valence-electron chi connectivity index (χ1n) is 5.40. The Hall–Kier alpha value is -1.92. The summed E-state index contributed by atoms with van der Waals surface area (Å²) in [5.74, 6) is 0. The highest BCUT2D eigenvalue weighted by Crippen LogP contribution is 2.46. The van der Waals surface area contributed by atoms with Crippen LogP contribution in [0.3, 0.4) is 0 Å². The zero-order valence-electron chi connectivity index (χ0n) is 9.05. The summed E-state index contributed by atoms with van der Waals surface area (Å²) in [5, 5.41) is 12.7. The number of fused-ring (bicyclic) bond motifs is 1. The number of anilines is 1. The Morgan fingerprint density at radius 3 is 2.65 bits per heavy atom. The highest BCUT2D eigenvalue weighted by molar-refractivity contribution is 8.00. The van der Waals surface area contributed by atoms with Crippen molar-refractivity contribution in [2.75, 3.05) is 5.32 Å².